The summed E-state index contributed by atoms with van der Waals surface area (Å²) in [5, 5.41) is 10.4. The molecule has 2 aromatic carbocycles. The minimum Gasteiger partial charge on any atom is -0.489 e. The van der Waals surface area contributed by atoms with E-state index in [-0.39, 0.29) is 0 Å². The van der Waals surface area contributed by atoms with Gasteiger partial charge < -0.3 is 19.5 Å². The Morgan fingerprint density at radius 2 is 1.92 bits per heavy atom. The van der Waals surface area contributed by atoms with Gasteiger partial charge in [-0.15, -0.1) is 0 Å². The summed E-state index contributed by atoms with van der Waals surface area (Å²) in [6, 6.07) is 15.7. The van der Waals surface area contributed by atoms with Crippen molar-refractivity contribution in [2.75, 3.05) is 11.4 Å². The Balaban J connectivity index is 1.71. The number of ether oxygens (including phenoxy) is 2. The van der Waals surface area contributed by atoms with Gasteiger partial charge in [-0.25, -0.2) is 4.79 Å². The third kappa shape index (κ3) is 4.35. The van der Waals surface area contributed by atoms with E-state index in [0.29, 0.717) is 18.9 Å². The zero-order valence-corrected chi connectivity index (χ0v) is 15.4. The van der Waals surface area contributed by atoms with Gasteiger partial charge in [0.2, 0.25) is 6.23 Å². The van der Waals surface area contributed by atoms with Crippen LogP contribution in [0.1, 0.15) is 31.9 Å². The first kappa shape index (κ1) is 18.3. The van der Waals surface area contributed by atoms with Crippen LogP contribution in [0.4, 0.5) is 5.69 Å². The lowest BCUT2D eigenvalue weighted by Gasteiger charge is -2.28. The molecule has 2 aromatic rings. The van der Waals surface area contributed by atoms with Gasteiger partial charge in [-0.05, 0) is 44.4 Å². The van der Waals surface area contributed by atoms with E-state index in [1.165, 1.54) is 0 Å². The van der Waals surface area contributed by atoms with E-state index in [1.54, 1.807) is 25.7 Å². The molecule has 5 heteroatoms. The number of nitrogens with zero attached hydrogens (tertiary/aromatic N) is 1. The smallest absolute Gasteiger partial charge is 0.356 e. The summed E-state index contributed by atoms with van der Waals surface area (Å²) in [5.74, 6) is 0.0665. The molecule has 5 nitrogen and oxygen atoms in total. The number of carbonyl (C=O) groups is 1. The molecule has 1 atom stereocenters. The third-order valence-corrected chi connectivity index (χ3v) is 4.15. The van der Waals surface area contributed by atoms with Crippen LogP contribution in [0.5, 0.6) is 5.75 Å². The minimum absolute atomic E-state index is 0.467. The van der Waals surface area contributed by atoms with Gasteiger partial charge in [0.15, 0.2) is 0 Å². The van der Waals surface area contributed by atoms with Crippen molar-refractivity contribution in [1.82, 2.24) is 0 Å². The average molecular weight is 355 g/mol. The fraction of sp³-hybridized carbons (Fsp3) is 0.381. The SMILES string of the molecule is CC(C)(C)OC(=O)C(O)N1CCc2ccc(OCc3ccccc3)cc21. The molecule has 1 N–H and O–H groups in total. The van der Waals surface area contributed by atoms with E-state index < -0.39 is 17.8 Å². The molecule has 1 aliphatic rings. The Kier molecular flexibility index (Phi) is 5.18. The van der Waals surface area contributed by atoms with Gasteiger partial charge in [0.1, 0.15) is 18.0 Å². The molecule has 1 aliphatic heterocycles. The van der Waals surface area contributed by atoms with Crippen LogP contribution in [0.2, 0.25) is 0 Å². The molecule has 3 rings (SSSR count). The fourth-order valence-electron chi connectivity index (χ4n) is 2.95. The van der Waals surface area contributed by atoms with Gasteiger partial charge >= 0.3 is 5.97 Å². The maximum absolute atomic E-state index is 12.2. The van der Waals surface area contributed by atoms with E-state index in [1.807, 2.05) is 48.5 Å². The summed E-state index contributed by atoms with van der Waals surface area (Å²) < 4.78 is 11.2. The molecule has 1 unspecified atom stereocenters. The molecule has 1 heterocycles. The summed E-state index contributed by atoms with van der Waals surface area (Å²) in [6.07, 6.45) is -0.548. The minimum atomic E-state index is -1.32. The van der Waals surface area contributed by atoms with Crippen LogP contribution in [-0.2, 0) is 22.6 Å². The number of rotatable bonds is 5. The molecule has 0 aromatic heterocycles. The summed E-state index contributed by atoms with van der Waals surface area (Å²) in [4.78, 5) is 13.9. The van der Waals surface area contributed by atoms with Crippen molar-refractivity contribution in [2.45, 2.75) is 45.6 Å². The lowest BCUT2D eigenvalue weighted by atomic mass is 10.1. The first-order valence-corrected chi connectivity index (χ1v) is 8.81. The standard InChI is InChI=1S/C21H25NO4/c1-21(2,3)26-20(24)19(23)22-12-11-16-9-10-17(13-18(16)22)25-14-15-7-5-4-6-8-15/h4-10,13,19,23H,11-12,14H2,1-3H3. The number of fused-ring (bicyclic) bond motifs is 1. The van der Waals surface area contributed by atoms with E-state index in [9.17, 15) is 9.90 Å². The van der Waals surface area contributed by atoms with E-state index in [2.05, 4.69) is 0 Å². The van der Waals surface area contributed by atoms with Crippen molar-refractivity contribution in [2.24, 2.45) is 0 Å². The molecular weight excluding hydrogens is 330 g/mol. The van der Waals surface area contributed by atoms with Crippen molar-refractivity contribution >= 4 is 11.7 Å². The zero-order valence-electron chi connectivity index (χ0n) is 15.4. The normalized spacial score (nSPS) is 14.7. The van der Waals surface area contributed by atoms with Crippen LogP contribution < -0.4 is 9.64 Å². The van der Waals surface area contributed by atoms with Crippen LogP contribution in [0, 0.1) is 0 Å². The van der Waals surface area contributed by atoms with Gasteiger partial charge in [0, 0.05) is 18.3 Å². The molecular formula is C21H25NO4. The lowest BCUT2D eigenvalue weighted by Crippen LogP contribution is -2.43. The number of anilines is 1. The van der Waals surface area contributed by atoms with Gasteiger partial charge in [-0.3, -0.25) is 0 Å². The molecule has 0 aliphatic carbocycles. The molecule has 0 bridgehead atoms. The maximum atomic E-state index is 12.2. The number of aliphatic hydroxyl groups excluding tert-OH is 1. The van der Waals surface area contributed by atoms with E-state index in [4.69, 9.17) is 9.47 Å². The van der Waals surface area contributed by atoms with Crippen molar-refractivity contribution in [3.63, 3.8) is 0 Å². The summed E-state index contributed by atoms with van der Waals surface area (Å²) in [6.45, 7) is 6.38. The molecule has 0 amide bonds. The van der Waals surface area contributed by atoms with E-state index in [0.717, 1.165) is 23.2 Å². The number of esters is 1. The number of hydrogen-bond donors (Lipinski definition) is 1. The van der Waals surface area contributed by atoms with Crippen molar-refractivity contribution in [1.29, 1.82) is 0 Å². The zero-order chi connectivity index (χ0) is 18.7. The second kappa shape index (κ2) is 7.38. The number of carbonyl (C=O) groups excluding carboxylic acids is 1. The van der Waals surface area contributed by atoms with Crippen molar-refractivity contribution in [3.05, 3.63) is 59.7 Å². The highest BCUT2D eigenvalue weighted by Gasteiger charge is 2.32. The molecule has 0 saturated carbocycles. The highest BCUT2D eigenvalue weighted by Crippen LogP contribution is 2.33. The molecule has 0 saturated heterocycles. The predicted molar refractivity (Wildman–Crippen MR) is 100 cm³/mol. The Labute approximate surface area is 154 Å². The molecule has 138 valence electrons. The molecule has 0 spiro atoms. The van der Waals surface area contributed by atoms with E-state index >= 15 is 0 Å². The van der Waals surface area contributed by atoms with Crippen molar-refractivity contribution in [3.8, 4) is 5.75 Å². The second-order valence-corrected chi connectivity index (χ2v) is 7.42. The van der Waals surface area contributed by atoms with Crippen LogP contribution in [0.3, 0.4) is 0 Å². The number of hydrogen-bond acceptors (Lipinski definition) is 5. The summed E-state index contributed by atoms with van der Waals surface area (Å²) in [5.41, 5.74) is 2.34. The largest absolute Gasteiger partial charge is 0.489 e. The highest BCUT2D eigenvalue weighted by atomic mass is 16.6. The number of benzene rings is 2. The first-order chi connectivity index (χ1) is 12.3. The van der Waals surface area contributed by atoms with Crippen LogP contribution >= 0.6 is 0 Å². The molecule has 26 heavy (non-hydrogen) atoms. The molecule has 0 radical (unpaired) electrons. The van der Waals surface area contributed by atoms with Gasteiger partial charge in [0.05, 0.1) is 0 Å². The third-order valence-electron chi connectivity index (χ3n) is 4.15. The Bertz CT molecular complexity index is 767. The highest BCUT2D eigenvalue weighted by molar-refractivity contribution is 5.80. The summed E-state index contributed by atoms with van der Waals surface area (Å²) in [7, 11) is 0. The quantitative estimate of drug-likeness (QED) is 0.834. The first-order valence-electron chi connectivity index (χ1n) is 8.81. The Morgan fingerprint density at radius 1 is 1.19 bits per heavy atom. The van der Waals surface area contributed by atoms with Crippen molar-refractivity contribution < 1.29 is 19.4 Å². The maximum Gasteiger partial charge on any atom is 0.356 e. The van der Waals surface area contributed by atoms with Gasteiger partial charge in [0.25, 0.3) is 0 Å². The summed E-state index contributed by atoms with van der Waals surface area (Å²) >= 11 is 0. The monoisotopic (exact) mass is 355 g/mol. The van der Waals surface area contributed by atoms with Crippen LogP contribution in [-0.4, -0.2) is 29.4 Å². The second-order valence-electron chi connectivity index (χ2n) is 7.42. The predicted octanol–water partition coefficient (Wildman–Crippen LogP) is 3.29. The van der Waals surface area contributed by atoms with Gasteiger partial charge in [-0.1, -0.05) is 36.4 Å². The fourth-order valence-corrected chi connectivity index (χ4v) is 2.95. The van der Waals surface area contributed by atoms with Crippen LogP contribution in [0.25, 0.3) is 0 Å². The molecule has 0 fully saturated rings. The Hall–Kier alpha value is -2.53. The topological polar surface area (TPSA) is 59.0 Å². The van der Waals surface area contributed by atoms with Crippen LogP contribution in [0.15, 0.2) is 48.5 Å². The Morgan fingerprint density at radius 3 is 2.62 bits per heavy atom. The average Bonchev–Trinajstić information content (AvgIpc) is 3.02. The number of aliphatic hydroxyl groups is 1. The van der Waals surface area contributed by atoms with Gasteiger partial charge in [-0.2, -0.15) is 0 Å². The lowest BCUT2D eigenvalue weighted by molar-refractivity contribution is -0.164.